The zero-order valence-electron chi connectivity index (χ0n) is 12.3. The fourth-order valence-electron chi connectivity index (χ4n) is 2.62. The van der Waals surface area contributed by atoms with E-state index in [1.54, 1.807) is 7.11 Å². The number of rotatable bonds is 5. The fraction of sp³-hybridized carbons (Fsp3) is 0.562. The van der Waals surface area contributed by atoms with Crippen LogP contribution in [0.4, 0.5) is 0 Å². The van der Waals surface area contributed by atoms with Crippen molar-refractivity contribution in [2.75, 3.05) is 26.9 Å². The number of hydrogen-bond donors (Lipinski definition) is 1. The topological polar surface area (TPSA) is 47.6 Å². The average Bonchev–Trinajstić information content (AvgIpc) is 2.47. The summed E-state index contributed by atoms with van der Waals surface area (Å²) in [7, 11) is 1.59. The van der Waals surface area contributed by atoms with Crippen LogP contribution >= 0.6 is 0 Å². The van der Waals surface area contributed by atoms with Gasteiger partial charge in [0, 0.05) is 19.8 Å². The summed E-state index contributed by atoms with van der Waals surface area (Å²) < 4.78 is 10.7. The molecule has 0 aliphatic carbocycles. The zero-order chi connectivity index (χ0) is 14.4. The molecule has 0 radical (unpaired) electrons. The number of nitrogens with one attached hydrogen (secondary N) is 1. The van der Waals surface area contributed by atoms with Crippen molar-refractivity contribution in [2.45, 2.75) is 26.2 Å². The van der Waals surface area contributed by atoms with E-state index in [1.165, 1.54) is 6.42 Å². The minimum atomic E-state index is -0.0586. The third-order valence-corrected chi connectivity index (χ3v) is 3.77. The number of methoxy groups -OCH3 is 1. The van der Waals surface area contributed by atoms with E-state index in [-0.39, 0.29) is 5.91 Å². The van der Waals surface area contributed by atoms with Gasteiger partial charge in [-0.3, -0.25) is 4.79 Å². The molecule has 0 unspecified atom stereocenters. The van der Waals surface area contributed by atoms with Crippen molar-refractivity contribution in [1.82, 2.24) is 5.32 Å². The van der Waals surface area contributed by atoms with Crippen molar-refractivity contribution in [3.63, 3.8) is 0 Å². The van der Waals surface area contributed by atoms with Crippen molar-refractivity contribution in [2.24, 2.45) is 5.92 Å². The van der Waals surface area contributed by atoms with Crippen molar-refractivity contribution in [3.8, 4) is 5.75 Å². The van der Waals surface area contributed by atoms with Gasteiger partial charge in [0.1, 0.15) is 5.75 Å². The second kappa shape index (κ2) is 7.29. The Morgan fingerprint density at radius 2 is 2.35 bits per heavy atom. The van der Waals surface area contributed by atoms with E-state index < -0.39 is 0 Å². The first kappa shape index (κ1) is 14.9. The lowest BCUT2D eigenvalue weighted by molar-refractivity contribution is 0.0514. The summed E-state index contributed by atoms with van der Waals surface area (Å²) in [5.41, 5.74) is 1.57. The molecule has 1 N–H and O–H groups in total. The summed E-state index contributed by atoms with van der Waals surface area (Å²) in [5, 5.41) is 2.99. The minimum Gasteiger partial charge on any atom is -0.496 e. The summed E-state index contributed by atoms with van der Waals surface area (Å²) in [6, 6.07) is 5.63. The van der Waals surface area contributed by atoms with Crippen LogP contribution in [0.5, 0.6) is 5.75 Å². The number of amides is 1. The molecule has 1 heterocycles. The molecule has 110 valence electrons. The first-order chi connectivity index (χ1) is 9.72. The normalized spacial score (nSPS) is 18.6. The number of benzene rings is 1. The maximum atomic E-state index is 12.3. The lowest BCUT2D eigenvalue weighted by Gasteiger charge is -2.22. The van der Waals surface area contributed by atoms with Crippen LogP contribution in [0.1, 0.15) is 35.2 Å². The number of hydrogen-bond acceptors (Lipinski definition) is 3. The third-order valence-electron chi connectivity index (χ3n) is 3.77. The maximum absolute atomic E-state index is 12.3. The van der Waals surface area contributed by atoms with Gasteiger partial charge in [0.25, 0.3) is 5.91 Å². The Morgan fingerprint density at radius 1 is 1.50 bits per heavy atom. The van der Waals surface area contributed by atoms with Gasteiger partial charge in [0.2, 0.25) is 0 Å². The fourth-order valence-corrected chi connectivity index (χ4v) is 2.62. The Bertz CT molecular complexity index is 453. The third kappa shape index (κ3) is 3.73. The quantitative estimate of drug-likeness (QED) is 0.899. The molecule has 0 spiro atoms. The Labute approximate surface area is 120 Å². The number of carbonyl (C=O) groups excluding carboxylic acids is 1. The summed E-state index contributed by atoms with van der Waals surface area (Å²) in [4.78, 5) is 12.3. The SMILES string of the molecule is COc1cccc(C)c1C(=O)NCC[C@@H]1CCCOC1. The smallest absolute Gasteiger partial charge is 0.255 e. The molecule has 1 saturated heterocycles. The lowest BCUT2D eigenvalue weighted by Crippen LogP contribution is -2.29. The van der Waals surface area contributed by atoms with E-state index in [2.05, 4.69) is 5.32 Å². The van der Waals surface area contributed by atoms with Crippen LogP contribution in [-0.2, 0) is 4.74 Å². The molecule has 1 aromatic carbocycles. The molecule has 1 amide bonds. The number of aryl methyl sites for hydroxylation is 1. The van der Waals surface area contributed by atoms with Crippen molar-refractivity contribution in [3.05, 3.63) is 29.3 Å². The van der Waals surface area contributed by atoms with E-state index in [0.29, 0.717) is 23.8 Å². The summed E-state index contributed by atoms with van der Waals surface area (Å²) in [5.74, 6) is 1.14. The van der Waals surface area contributed by atoms with Gasteiger partial charge in [0.05, 0.1) is 12.7 Å². The maximum Gasteiger partial charge on any atom is 0.255 e. The zero-order valence-corrected chi connectivity index (χ0v) is 12.3. The first-order valence-corrected chi connectivity index (χ1v) is 7.22. The highest BCUT2D eigenvalue weighted by Crippen LogP contribution is 2.21. The van der Waals surface area contributed by atoms with Crippen LogP contribution in [0.15, 0.2) is 18.2 Å². The molecule has 1 fully saturated rings. The van der Waals surface area contributed by atoms with E-state index in [1.807, 2.05) is 25.1 Å². The van der Waals surface area contributed by atoms with Crippen LogP contribution in [-0.4, -0.2) is 32.8 Å². The largest absolute Gasteiger partial charge is 0.496 e. The molecule has 1 atom stereocenters. The van der Waals surface area contributed by atoms with Gasteiger partial charge in [0.15, 0.2) is 0 Å². The van der Waals surface area contributed by atoms with E-state index in [0.717, 1.165) is 31.6 Å². The van der Waals surface area contributed by atoms with Crippen molar-refractivity contribution in [1.29, 1.82) is 0 Å². The van der Waals surface area contributed by atoms with Crippen LogP contribution in [0.2, 0.25) is 0 Å². The van der Waals surface area contributed by atoms with Gasteiger partial charge in [-0.2, -0.15) is 0 Å². The van der Waals surface area contributed by atoms with Crippen LogP contribution in [0, 0.1) is 12.8 Å². The Balaban J connectivity index is 1.88. The summed E-state index contributed by atoms with van der Waals surface area (Å²) in [6.07, 6.45) is 3.30. The van der Waals surface area contributed by atoms with Gasteiger partial charge in [-0.15, -0.1) is 0 Å². The molecule has 1 aromatic rings. The van der Waals surface area contributed by atoms with Gasteiger partial charge >= 0.3 is 0 Å². The molecule has 2 rings (SSSR count). The number of ether oxygens (including phenoxy) is 2. The highest BCUT2D eigenvalue weighted by atomic mass is 16.5. The molecule has 0 bridgehead atoms. The van der Waals surface area contributed by atoms with Gasteiger partial charge in [-0.25, -0.2) is 0 Å². The monoisotopic (exact) mass is 277 g/mol. The van der Waals surface area contributed by atoms with Gasteiger partial charge in [-0.1, -0.05) is 12.1 Å². The lowest BCUT2D eigenvalue weighted by atomic mass is 9.98. The van der Waals surface area contributed by atoms with E-state index >= 15 is 0 Å². The van der Waals surface area contributed by atoms with Crippen molar-refractivity contribution < 1.29 is 14.3 Å². The van der Waals surface area contributed by atoms with E-state index in [9.17, 15) is 4.79 Å². The molecular formula is C16H23NO3. The molecule has 0 saturated carbocycles. The molecule has 4 nitrogen and oxygen atoms in total. The molecule has 1 aliphatic heterocycles. The second-order valence-corrected chi connectivity index (χ2v) is 5.28. The molecule has 1 aliphatic rings. The summed E-state index contributed by atoms with van der Waals surface area (Å²) >= 11 is 0. The van der Waals surface area contributed by atoms with E-state index in [4.69, 9.17) is 9.47 Å². The van der Waals surface area contributed by atoms with Gasteiger partial charge < -0.3 is 14.8 Å². The van der Waals surface area contributed by atoms with Gasteiger partial charge in [-0.05, 0) is 43.7 Å². The Kier molecular flexibility index (Phi) is 5.41. The summed E-state index contributed by atoms with van der Waals surface area (Å²) in [6.45, 7) is 4.31. The average molecular weight is 277 g/mol. The predicted molar refractivity (Wildman–Crippen MR) is 78.2 cm³/mol. The van der Waals surface area contributed by atoms with Crippen LogP contribution < -0.4 is 10.1 Å². The molecular weight excluding hydrogens is 254 g/mol. The Hall–Kier alpha value is -1.55. The molecule has 20 heavy (non-hydrogen) atoms. The van der Waals surface area contributed by atoms with Crippen molar-refractivity contribution >= 4 is 5.91 Å². The first-order valence-electron chi connectivity index (χ1n) is 7.22. The number of carbonyl (C=O) groups is 1. The molecule has 4 heteroatoms. The standard InChI is InChI=1S/C16H23NO3/c1-12-5-3-7-14(19-2)15(12)16(18)17-9-8-13-6-4-10-20-11-13/h3,5,7,13H,4,6,8-11H2,1-2H3,(H,17,18)/t13-/m0/s1. The highest BCUT2D eigenvalue weighted by Gasteiger charge is 2.17. The molecule has 0 aromatic heterocycles. The van der Waals surface area contributed by atoms with Crippen LogP contribution in [0.25, 0.3) is 0 Å². The Morgan fingerprint density at radius 3 is 3.05 bits per heavy atom. The minimum absolute atomic E-state index is 0.0586. The second-order valence-electron chi connectivity index (χ2n) is 5.28. The predicted octanol–water partition coefficient (Wildman–Crippen LogP) is 2.55. The van der Waals surface area contributed by atoms with Crippen LogP contribution in [0.3, 0.4) is 0 Å². The highest BCUT2D eigenvalue weighted by molar-refractivity contribution is 5.98.